The molecule has 0 unspecified atom stereocenters. The molecule has 0 radical (unpaired) electrons. The molecule has 0 aliphatic carbocycles. The van der Waals surface area contributed by atoms with Crippen molar-refractivity contribution in [2.45, 2.75) is 25.7 Å². The molecule has 0 spiro atoms. The molecule has 4 nitrogen and oxygen atoms in total. The number of nitrogens with zero attached hydrogens (tertiary/aromatic N) is 1. The van der Waals surface area contributed by atoms with E-state index in [9.17, 15) is 9.59 Å². The summed E-state index contributed by atoms with van der Waals surface area (Å²) in [4.78, 5) is 25.9. The van der Waals surface area contributed by atoms with E-state index in [4.69, 9.17) is 0 Å². The van der Waals surface area contributed by atoms with Crippen molar-refractivity contribution >= 4 is 28.3 Å². The molecule has 0 bridgehead atoms. The smallest absolute Gasteiger partial charge is 0.244 e. The molecule has 0 aromatic heterocycles. The molecule has 4 heteroatoms. The number of likely N-dealkylation sites (tertiary alicyclic amines) is 1. The average molecular weight is 296 g/mol. The first-order valence-electron chi connectivity index (χ1n) is 7.79. The maximum absolute atomic E-state index is 12.3. The van der Waals surface area contributed by atoms with Crippen LogP contribution in [0.25, 0.3) is 10.8 Å². The second-order valence-electron chi connectivity index (χ2n) is 5.70. The van der Waals surface area contributed by atoms with E-state index < -0.39 is 0 Å². The lowest BCUT2D eigenvalue weighted by molar-refractivity contribution is -0.134. The van der Waals surface area contributed by atoms with Gasteiger partial charge in [0.1, 0.15) is 0 Å². The highest BCUT2D eigenvalue weighted by Crippen LogP contribution is 2.23. The second kappa shape index (κ2) is 6.60. The van der Waals surface area contributed by atoms with Crippen molar-refractivity contribution in [2.75, 3.05) is 18.4 Å². The van der Waals surface area contributed by atoms with E-state index in [1.165, 1.54) is 0 Å². The molecule has 0 atom stereocenters. The highest BCUT2D eigenvalue weighted by Gasteiger charge is 2.19. The van der Waals surface area contributed by atoms with Crippen LogP contribution in [0.5, 0.6) is 0 Å². The predicted octanol–water partition coefficient (Wildman–Crippen LogP) is 3.18. The van der Waals surface area contributed by atoms with Gasteiger partial charge in [-0.1, -0.05) is 42.8 Å². The van der Waals surface area contributed by atoms with Gasteiger partial charge in [0.05, 0.1) is 6.54 Å². The van der Waals surface area contributed by atoms with Crippen LogP contribution in [0.2, 0.25) is 0 Å². The van der Waals surface area contributed by atoms with Crippen molar-refractivity contribution in [3.63, 3.8) is 0 Å². The van der Waals surface area contributed by atoms with Gasteiger partial charge in [-0.05, 0) is 24.3 Å². The second-order valence-corrected chi connectivity index (χ2v) is 5.70. The van der Waals surface area contributed by atoms with Gasteiger partial charge in [-0.25, -0.2) is 0 Å². The molecule has 1 aliphatic rings. The van der Waals surface area contributed by atoms with E-state index in [-0.39, 0.29) is 18.4 Å². The fourth-order valence-corrected chi connectivity index (χ4v) is 2.90. The van der Waals surface area contributed by atoms with E-state index in [0.29, 0.717) is 13.0 Å². The number of hydrogen-bond acceptors (Lipinski definition) is 2. The maximum Gasteiger partial charge on any atom is 0.244 e. The van der Waals surface area contributed by atoms with Crippen molar-refractivity contribution in [1.29, 1.82) is 0 Å². The van der Waals surface area contributed by atoms with E-state index in [2.05, 4.69) is 5.32 Å². The lowest BCUT2D eigenvalue weighted by Gasteiger charge is -2.20. The van der Waals surface area contributed by atoms with Crippen molar-refractivity contribution in [1.82, 2.24) is 4.90 Å². The Kier molecular flexibility index (Phi) is 4.37. The SMILES string of the molecule is O=C(CN1CCCCCC1=O)Nc1cccc2ccccc12. The van der Waals surface area contributed by atoms with Gasteiger partial charge in [-0.2, -0.15) is 0 Å². The Hall–Kier alpha value is -2.36. The molecule has 0 saturated carbocycles. The molecule has 2 amide bonds. The molecule has 2 aromatic rings. The normalized spacial score (nSPS) is 15.6. The molecular weight excluding hydrogens is 276 g/mol. The lowest BCUT2D eigenvalue weighted by Crippen LogP contribution is -2.37. The first-order valence-corrected chi connectivity index (χ1v) is 7.79. The van der Waals surface area contributed by atoms with Gasteiger partial charge < -0.3 is 10.2 Å². The summed E-state index contributed by atoms with van der Waals surface area (Å²) >= 11 is 0. The van der Waals surface area contributed by atoms with Crippen LogP contribution in [0.3, 0.4) is 0 Å². The predicted molar refractivity (Wildman–Crippen MR) is 87.6 cm³/mol. The third kappa shape index (κ3) is 3.27. The van der Waals surface area contributed by atoms with E-state index >= 15 is 0 Å². The van der Waals surface area contributed by atoms with Gasteiger partial charge in [0.25, 0.3) is 0 Å². The summed E-state index contributed by atoms with van der Waals surface area (Å²) in [6.07, 6.45) is 3.53. The number of hydrogen-bond donors (Lipinski definition) is 1. The zero-order valence-corrected chi connectivity index (χ0v) is 12.5. The Balaban J connectivity index is 1.72. The molecule has 1 heterocycles. The summed E-state index contributed by atoms with van der Waals surface area (Å²) in [5.41, 5.74) is 0.797. The van der Waals surface area contributed by atoms with Crippen LogP contribution in [0.4, 0.5) is 5.69 Å². The van der Waals surface area contributed by atoms with Gasteiger partial charge in [0.15, 0.2) is 0 Å². The average Bonchev–Trinajstić information content (AvgIpc) is 2.73. The third-order valence-corrected chi connectivity index (χ3v) is 4.07. The number of fused-ring (bicyclic) bond motifs is 1. The first kappa shape index (κ1) is 14.6. The maximum atomic E-state index is 12.3. The van der Waals surface area contributed by atoms with Gasteiger partial charge in [-0.15, -0.1) is 0 Å². The Morgan fingerprint density at radius 1 is 1.05 bits per heavy atom. The number of nitrogens with one attached hydrogen (secondary N) is 1. The summed E-state index contributed by atoms with van der Waals surface area (Å²) < 4.78 is 0. The molecule has 1 fully saturated rings. The molecular formula is C18H20N2O2. The minimum atomic E-state index is -0.133. The number of rotatable bonds is 3. The van der Waals surface area contributed by atoms with Crippen molar-refractivity contribution in [2.24, 2.45) is 0 Å². The Morgan fingerprint density at radius 3 is 2.77 bits per heavy atom. The largest absolute Gasteiger partial charge is 0.333 e. The molecule has 1 saturated heterocycles. The number of carbonyl (C=O) groups is 2. The summed E-state index contributed by atoms with van der Waals surface area (Å²) in [7, 11) is 0. The summed E-state index contributed by atoms with van der Waals surface area (Å²) in [5, 5.41) is 5.04. The molecule has 1 N–H and O–H groups in total. The third-order valence-electron chi connectivity index (χ3n) is 4.07. The first-order chi connectivity index (χ1) is 10.7. The minimum absolute atomic E-state index is 0.0885. The van der Waals surface area contributed by atoms with Crippen LogP contribution in [0.1, 0.15) is 25.7 Å². The van der Waals surface area contributed by atoms with Gasteiger partial charge in [-0.3, -0.25) is 9.59 Å². The van der Waals surface area contributed by atoms with Gasteiger partial charge in [0.2, 0.25) is 11.8 Å². The van der Waals surface area contributed by atoms with Gasteiger partial charge >= 0.3 is 0 Å². The quantitative estimate of drug-likeness (QED) is 0.945. The van der Waals surface area contributed by atoms with E-state index in [1.54, 1.807) is 4.90 Å². The lowest BCUT2D eigenvalue weighted by atomic mass is 10.1. The Bertz CT molecular complexity index is 691. The summed E-state index contributed by atoms with van der Waals surface area (Å²) in [5.74, 6) is -0.0443. The van der Waals surface area contributed by atoms with Crippen LogP contribution in [0.15, 0.2) is 42.5 Å². The summed E-state index contributed by atoms with van der Waals surface area (Å²) in [6.45, 7) is 0.823. The van der Waals surface area contributed by atoms with Crippen LogP contribution in [-0.2, 0) is 9.59 Å². The number of benzene rings is 2. The Labute approximate surface area is 130 Å². The van der Waals surface area contributed by atoms with Crippen LogP contribution in [-0.4, -0.2) is 29.8 Å². The van der Waals surface area contributed by atoms with Crippen LogP contribution in [0, 0.1) is 0 Å². The molecule has 3 rings (SSSR count). The zero-order valence-electron chi connectivity index (χ0n) is 12.5. The summed E-state index contributed by atoms with van der Waals surface area (Å²) in [6, 6.07) is 13.8. The van der Waals surface area contributed by atoms with Crippen molar-refractivity contribution < 1.29 is 9.59 Å². The van der Waals surface area contributed by atoms with Crippen molar-refractivity contribution in [3.8, 4) is 0 Å². The van der Waals surface area contributed by atoms with Crippen LogP contribution >= 0.6 is 0 Å². The minimum Gasteiger partial charge on any atom is -0.333 e. The highest BCUT2D eigenvalue weighted by atomic mass is 16.2. The van der Waals surface area contributed by atoms with Gasteiger partial charge in [0, 0.05) is 24.0 Å². The Morgan fingerprint density at radius 2 is 1.86 bits per heavy atom. The molecule has 2 aromatic carbocycles. The van der Waals surface area contributed by atoms with Crippen LogP contribution < -0.4 is 5.32 Å². The molecule has 22 heavy (non-hydrogen) atoms. The number of anilines is 1. The molecule has 114 valence electrons. The highest BCUT2D eigenvalue weighted by molar-refractivity contribution is 6.03. The number of amides is 2. The van der Waals surface area contributed by atoms with E-state index in [1.807, 2.05) is 42.5 Å². The standard InChI is InChI=1S/C18H20N2O2/c21-17(13-20-12-5-1-2-11-18(20)22)19-16-10-6-8-14-7-3-4-9-15(14)16/h3-4,6-10H,1-2,5,11-13H2,(H,19,21). The fraction of sp³-hybridized carbons (Fsp3) is 0.333. The number of carbonyl (C=O) groups excluding carboxylic acids is 2. The molecule has 1 aliphatic heterocycles. The van der Waals surface area contributed by atoms with Crippen molar-refractivity contribution in [3.05, 3.63) is 42.5 Å². The zero-order chi connectivity index (χ0) is 15.4. The topological polar surface area (TPSA) is 49.4 Å². The monoisotopic (exact) mass is 296 g/mol. The van der Waals surface area contributed by atoms with E-state index in [0.717, 1.165) is 35.7 Å². The fourth-order valence-electron chi connectivity index (χ4n) is 2.90.